The Morgan fingerprint density at radius 2 is 1.47 bits per heavy atom. The van der Waals surface area contributed by atoms with Gasteiger partial charge in [0.2, 0.25) is 11.8 Å². The van der Waals surface area contributed by atoms with Gasteiger partial charge in [0, 0.05) is 22.5 Å². The van der Waals surface area contributed by atoms with E-state index in [9.17, 15) is 19.2 Å². The van der Waals surface area contributed by atoms with E-state index >= 15 is 0 Å². The average Bonchev–Trinajstić information content (AvgIpc) is 2.90. The predicted molar refractivity (Wildman–Crippen MR) is 145 cm³/mol. The van der Waals surface area contributed by atoms with Crippen molar-refractivity contribution in [3.05, 3.63) is 101 Å². The topological polar surface area (TPSA) is 154 Å². The standard InChI is InChI=1S/C29H27N5O4/c1-18-3-11-23(12-4-18)33-29(38)25(16-26(31)35)34-28(37)22-9-13-24(14-10-22)32-27(36)19(2)15-20-5-7-21(17-30)8-6-20/h3-15,25H,16H2,1-2H3,(H2,31,35)(H,32,36)(H,33,38)(H,34,37)/b19-15+. The Hall–Kier alpha value is -5.23. The molecule has 38 heavy (non-hydrogen) atoms. The molecule has 192 valence electrons. The molecule has 1 atom stereocenters. The Balaban J connectivity index is 1.63. The number of anilines is 2. The second kappa shape index (κ2) is 12.6. The van der Waals surface area contributed by atoms with E-state index in [2.05, 4.69) is 16.0 Å². The Morgan fingerprint density at radius 3 is 2.05 bits per heavy atom. The summed E-state index contributed by atoms with van der Waals surface area (Å²) in [4.78, 5) is 49.5. The van der Waals surface area contributed by atoms with Gasteiger partial charge in [0.15, 0.2) is 0 Å². The highest BCUT2D eigenvalue weighted by atomic mass is 16.2. The van der Waals surface area contributed by atoms with Crippen LogP contribution in [-0.4, -0.2) is 29.7 Å². The van der Waals surface area contributed by atoms with E-state index in [-0.39, 0.29) is 17.9 Å². The Kier molecular flexibility index (Phi) is 9.11. The van der Waals surface area contributed by atoms with Gasteiger partial charge in [-0.2, -0.15) is 5.26 Å². The third kappa shape index (κ3) is 7.90. The number of nitrogens with zero attached hydrogens (tertiary/aromatic N) is 1. The molecule has 4 amide bonds. The van der Waals surface area contributed by atoms with E-state index in [0.717, 1.165) is 11.1 Å². The van der Waals surface area contributed by atoms with Gasteiger partial charge in [-0.3, -0.25) is 19.2 Å². The number of carbonyl (C=O) groups is 4. The maximum absolute atomic E-state index is 12.8. The first-order valence-electron chi connectivity index (χ1n) is 11.7. The quantitative estimate of drug-likeness (QED) is 0.325. The van der Waals surface area contributed by atoms with Crippen LogP contribution in [-0.2, 0) is 14.4 Å². The van der Waals surface area contributed by atoms with Gasteiger partial charge in [-0.1, -0.05) is 29.8 Å². The molecule has 0 radical (unpaired) electrons. The van der Waals surface area contributed by atoms with Crippen LogP contribution in [0.5, 0.6) is 0 Å². The zero-order valence-electron chi connectivity index (χ0n) is 20.9. The summed E-state index contributed by atoms with van der Waals surface area (Å²) in [6, 6.07) is 20.9. The molecule has 9 nitrogen and oxygen atoms in total. The number of primary amides is 1. The smallest absolute Gasteiger partial charge is 0.251 e. The molecule has 0 saturated heterocycles. The molecule has 1 unspecified atom stereocenters. The summed E-state index contributed by atoms with van der Waals surface area (Å²) in [5.74, 6) is -2.22. The van der Waals surface area contributed by atoms with Gasteiger partial charge >= 0.3 is 0 Å². The van der Waals surface area contributed by atoms with Gasteiger partial charge in [-0.15, -0.1) is 0 Å². The number of amides is 4. The predicted octanol–water partition coefficient (Wildman–Crippen LogP) is 3.52. The highest BCUT2D eigenvalue weighted by Crippen LogP contribution is 2.14. The molecule has 0 aromatic heterocycles. The molecule has 0 aliphatic rings. The van der Waals surface area contributed by atoms with E-state index in [4.69, 9.17) is 11.0 Å². The lowest BCUT2D eigenvalue weighted by molar-refractivity contribution is -0.123. The molecular weight excluding hydrogens is 482 g/mol. The lowest BCUT2D eigenvalue weighted by Crippen LogP contribution is -2.46. The summed E-state index contributed by atoms with van der Waals surface area (Å²) < 4.78 is 0. The third-order valence-electron chi connectivity index (χ3n) is 5.53. The van der Waals surface area contributed by atoms with E-state index < -0.39 is 23.8 Å². The normalized spacial score (nSPS) is 11.6. The van der Waals surface area contributed by atoms with Crippen molar-refractivity contribution in [2.45, 2.75) is 26.3 Å². The van der Waals surface area contributed by atoms with E-state index in [1.807, 2.05) is 25.1 Å². The maximum Gasteiger partial charge on any atom is 0.251 e. The number of aryl methyl sites for hydroxylation is 1. The number of nitriles is 1. The number of hydrogen-bond acceptors (Lipinski definition) is 5. The molecule has 0 aliphatic carbocycles. The van der Waals surface area contributed by atoms with Gasteiger partial charge < -0.3 is 21.7 Å². The van der Waals surface area contributed by atoms with Gasteiger partial charge in [0.25, 0.3) is 11.8 Å². The molecule has 0 saturated carbocycles. The summed E-state index contributed by atoms with van der Waals surface area (Å²) in [5, 5.41) is 16.8. The summed E-state index contributed by atoms with van der Waals surface area (Å²) in [7, 11) is 0. The number of rotatable bonds is 9. The Labute approximate surface area is 220 Å². The number of carbonyl (C=O) groups excluding carboxylic acids is 4. The molecule has 0 aliphatic heterocycles. The fraction of sp³-hybridized carbons (Fsp3) is 0.138. The van der Waals surface area contributed by atoms with Crippen LogP contribution in [0, 0.1) is 18.3 Å². The number of hydrogen-bond donors (Lipinski definition) is 4. The van der Waals surface area contributed by atoms with Crippen LogP contribution in [0.4, 0.5) is 11.4 Å². The monoisotopic (exact) mass is 509 g/mol. The van der Waals surface area contributed by atoms with Gasteiger partial charge in [0.05, 0.1) is 18.1 Å². The lowest BCUT2D eigenvalue weighted by atomic mass is 10.1. The van der Waals surface area contributed by atoms with Crippen LogP contribution in [0.2, 0.25) is 0 Å². The Morgan fingerprint density at radius 1 is 0.895 bits per heavy atom. The van der Waals surface area contributed by atoms with Crippen LogP contribution in [0.15, 0.2) is 78.4 Å². The maximum atomic E-state index is 12.8. The molecular formula is C29H27N5O4. The zero-order chi connectivity index (χ0) is 27.7. The summed E-state index contributed by atoms with van der Waals surface area (Å²) in [6.07, 6.45) is 1.32. The summed E-state index contributed by atoms with van der Waals surface area (Å²) in [5.41, 5.74) is 9.27. The molecule has 9 heteroatoms. The number of nitrogens with one attached hydrogen (secondary N) is 3. The van der Waals surface area contributed by atoms with E-state index in [0.29, 0.717) is 22.5 Å². The third-order valence-corrected chi connectivity index (χ3v) is 5.53. The van der Waals surface area contributed by atoms with Crippen LogP contribution in [0.1, 0.15) is 40.4 Å². The largest absolute Gasteiger partial charge is 0.370 e. The molecule has 3 aromatic carbocycles. The van der Waals surface area contributed by atoms with Crippen LogP contribution >= 0.6 is 0 Å². The Bertz CT molecular complexity index is 1400. The lowest BCUT2D eigenvalue weighted by Gasteiger charge is -2.17. The SMILES string of the molecule is C/C(=C\c1ccc(C#N)cc1)C(=O)Nc1ccc(C(=O)NC(CC(N)=O)C(=O)Nc2ccc(C)cc2)cc1. The van der Waals surface area contributed by atoms with Crippen molar-refractivity contribution in [1.29, 1.82) is 5.26 Å². The van der Waals surface area contributed by atoms with E-state index in [1.165, 1.54) is 12.1 Å². The minimum atomic E-state index is -1.17. The molecule has 3 aromatic rings. The molecule has 5 N–H and O–H groups in total. The van der Waals surface area contributed by atoms with Crippen molar-refractivity contribution in [2.75, 3.05) is 10.6 Å². The first-order chi connectivity index (χ1) is 18.1. The zero-order valence-corrected chi connectivity index (χ0v) is 20.9. The van der Waals surface area contributed by atoms with Crippen molar-refractivity contribution >= 4 is 41.1 Å². The highest BCUT2D eigenvalue weighted by Gasteiger charge is 2.23. The molecule has 3 rings (SSSR count). The summed E-state index contributed by atoms with van der Waals surface area (Å²) in [6.45, 7) is 3.57. The molecule has 0 fully saturated rings. The fourth-order valence-corrected chi connectivity index (χ4v) is 3.42. The minimum absolute atomic E-state index is 0.227. The van der Waals surface area contributed by atoms with Crippen molar-refractivity contribution < 1.29 is 19.2 Å². The van der Waals surface area contributed by atoms with Gasteiger partial charge in [0.1, 0.15) is 6.04 Å². The van der Waals surface area contributed by atoms with Crippen molar-refractivity contribution in [3.63, 3.8) is 0 Å². The highest BCUT2D eigenvalue weighted by molar-refractivity contribution is 6.07. The van der Waals surface area contributed by atoms with E-state index in [1.54, 1.807) is 61.5 Å². The molecule has 0 bridgehead atoms. The van der Waals surface area contributed by atoms with Crippen LogP contribution < -0.4 is 21.7 Å². The number of nitrogens with two attached hydrogens (primary N) is 1. The summed E-state index contributed by atoms with van der Waals surface area (Å²) >= 11 is 0. The first-order valence-corrected chi connectivity index (χ1v) is 11.7. The van der Waals surface area contributed by atoms with Crippen LogP contribution in [0.25, 0.3) is 6.08 Å². The minimum Gasteiger partial charge on any atom is -0.370 e. The first kappa shape index (κ1) is 27.4. The van der Waals surface area contributed by atoms with Crippen LogP contribution in [0.3, 0.4) is 0 Å². The average molecular weight is 510 g/mol. The second-order valence-corrected chi connectivity index (χ2v) is 8.64. The fourth-order valence-electron chi connectivity index (χ4n) is 3.42. The molecule has 0 spiro atoms. The number of benzene rings is 3. The van der Waals surface area contributed by atoms with Crippen molar-refractivity contribution in [2.24, 2.45) is 5.73 Å². The van der Waals surface area contributed by atoms with Gasteiger partial charge in [-0.05, 0) is 74.0 Å². The van der Waals surface area contributed by atoms with Crippen molar-refractivity contribution in [1.82, 2.24) is 5.32 Å². The second-order valence-electron chi connectivity index (χ2n) is 8.64. The molecule has 0 heterocycles. The van der Waals surface area contributed by atoms with Gasteiger partial charge in [-0.25, -0.2) is 0 Å². The van der Waals surface area contributed by atoms with Crippen molar-refractivity contribution in [3.8, 4) is 6.07 Å².